The lowest BCUT2D eigenvalue weighted by Crippen LogP contribution is -2.37. The van der Waals surface area contributed by atoms with E-state index in [2.05, 4.69) is 4.98 Å². The van der Waals surface area contributed by atoms with E-state index in [1.165, 1.54) is 10.4 Å². The molecule has 0 aliphatic carbocycles. The minimum atomic E-state index is -4.38. The molecular weight excluding hydrogens is 293 g/mol. The van der Waals surface area contributed by atoms with Crippen LogP contribution in [0, 0.1) is 0 Å². The van der Waals surface area contributed by atoms with Crippen molar-refractivity contribution in [1.29, 1.82) is 0 Å². The largest absolute Gasteiger partial charge is 0.417 e. The van der Waals surface area contributed by atoms with Crippen molar-refractivity contribution < 1.29 is 21.6 Å². The Hall–Kier alpha value is -1.15. The first-order chi connectivity index (χ1) is 9.18. The zero-order valence-corrected chi connectivity index (χ0v) is 11.7. The minimum absolute atomic E-state index is 0.00952. The van der Waals surface area contributed by atoms with E-state index in [9.17, 15) is 21.6 Å². The van der Waals surface area contributed by atoms with Crippen LogP contribution in [0.3, 0.4) is 0 Å². The molecule has 1 aliphatic heterocycles. The standard InChI is InChI=1S/C12H15F3N2O2S/c1-20(18,19)17-6-4-9(5-7-17)11-3-2-10(8-16-11)12(13,14)15/h2-3,8-9H,4-7H2,1H3. The van der Waals surface area contributed by atoms with Crippen molar-refractivity contribution in [1.82, 2.24) is 9.29 Å². The predicted molar refractivity (Wildman–Crippen MR) is 67.6 cm³/mol. The number of halogens is 3. The second-order valence-corrected chi connectivity index (χ2v) is 6.89. The van der Waals surface area contributed by atoms with Crippen LogP contribution in [0.5, 0.6) is 0 Å². The third-order valence-electron chi connectivity index (χ3n) is 3.45. The Bertz CT molecular complexity index is 561. The van der Waals surface area contributed by atoms with E-state index in [0.29, 0.717) is 31.6 Å². The van der Waals surface area contributed by atoms with E-state index in [-0.39, 0.29) is 5.92 Å². The molecule has 0 unspecified atom stereocenters. The number of pyridine rings is 1. The molecule has 1 aromatic heterocycles. The lowest BCUT2D eigenvalue weighted by atomic mass is 9.94. The van der Waals surface area contributed by atoms with Gasteiger partial charge in [-0.3, -0.25) is 4.98 Å². The van der Waals surface area contributed by atoms with E-state index in [1.54, 1.807) is 0 Å². The van der Waals surface area contributed by atoms with Gasteiger partial charge in [0.25, 0.3) is 0 Å². The fourth-order valence-corrected chi connectivity index (χ4v) is 3.17. The fourth-order valence-electron chi connectivity index (χ4n) is 2.30. The highest BCUT2D eigenvalue weighted by atomic mass is 32.2. The van der Waals surface area contributed by atoms with Crippen LogP contribution < -0.4 is 0 Å². The topological polar surface area (TPSA) is 50.3 Å². The zero-order valence-electron chi connectivity index (χ0n) is 10.9. The molecule has 20 heavy (non-hydrogen) atoms. The van der Waals surface area contributed by atoms with Crippen molar-refractivity contribution in [2.75, 3.05) is 19.3 Å². The van der Waals surface area contributed by atoms with Gasteiger partial charge in [-0.25, -0.2) is 12.7 Å². The van der Waals surface area contributed by atoms with E-state index < -0.39 is 21.8 Å². The van der Waals surface area contributed by atoms with Crippen LogP contribution in [0.25, 0.3) is 0 Å². The van der Waals surface area contributed by atoms with Crippen LogP contribution in [0.15, 0.2) is 18.3 Å². The quantitative estimate of drug-likeness (QED) is 0.842. The average Bonchev–Trinajstić information content (AvgIpc) is 2.37. The Kier molecular flexibility index (Phi) is 4.06. The van der Waals surface area contributed by atoms with Crippen LogP contribution >= 0.6 is 0 Å². The van der Waals surface area contributed by atoms with Crippen LogP contribution in [0.2, 0.25) is 0 Å². The molecule has 0 amide bonds. The highest BCUT2D eigenvalue weighted by Gasteiger charge is 2.31. The number of rotatable bonds is 2. The first-order valence-corrected chi connectivity index (χ1v) is 8.01. The van der Waals surface area contributed by atoms with Gasteiger partial charge in [-0.15, -0.1) is 0 Å². The first kappa shape index (κ1) is 15.2. The molecular formula is C12H15F3N2O2S. The number of aromatic nitrogens is 1. The number of sulfonamides is 1. The van der Waals surface area contributed by atoms with Gasteiger partial charge in [0.1, 0.15) is 0 Å². The second-order valence-electron chi connectivity index (χ2n) is 4.91. The Morgan fingerprint density at radius 3 is 2.25 bits per heavy atom. The maximum atomic E-state index is 12.4. The number of hydrogen-bond donors (Lipinski definition) is 0. The van der Waals surface area contributed by atoms with Crippen LogP contribution in [-0.4, -0.2) is 37.1 Å². The summed E-state index contributed by atoms with van der Waals surface area (Å²) >= 11 is 0. The maximum absolute atomic E-state index is 12.4. The van der Waals surface area contributed by atoms with Gasteiger partial charge in [-0.2, -0.15) is 13.2 Å². The summed E-state index contributed by atoms with van der Waals surface area (Å²) in [6.45, 7) is 0.762. The smallest absolute Gasteiger partial charge is 0.260 e. The molecule has 112 valence electrons. The highest BCUT2D eigenvalue weighted by molar-refractivity contribution is 7.88. The maximum Gasteiger partial charge on any atom is 0.417 e. The van der Waals surface area contributed by atoms with E-state index >= 15 is 0 Å². The van der Waals surface area contributed by atoms with Crippen molar-refractivity contribution in [2.45, 2.75) is 24.9 Å². The molecule has 4 nitrogen and oxygen atoms in total. The normalized spacial score (nSPS) is 19.2. The van der Waals surface area contributed by atoms with Gasteiger partial charge in [-0.05, 0) is 25.0 Å². The average molecular weight is 308 g/mol. The summed E-state index contributed by atoms with van der Waals surface area (Å²) < 4.78 is 61.4. The summed E-state index contributed by atoms with van der Waals surface area (Å²) in [5.41, 5.74) is -0.180. The van der Waals surface area contributed by atoms with Gasteiger partial charge in [0, 0.05) is 30.9 Å². The van der Waals surface area contributed by atoms with Crippen LogP contribution in [-0.2, 0) is 16.2 Å². The summed E-state index contributed by atoms with van der Waals surface area (Å²) in [5.74, 6) is 0.00952. The van der Waals surface area contributed by atoms with Crippen molar-refractivity contribution in [2.24, 2.45) is 0 Å². The molecule has 1 saturated heterocycles. The molecule has 2 rings (SSSR count). The highest BCUT2D eigenvalue weighted by Crippen LogP contribution is 2.31. The predicted octanol–water partition coefficient (Wildman–Crippen LogP) is 2.24. The molecule has 0 spiro atoms. The molecule has 2 heterocycles. The third kappa shape index (κ3) is 3.49. The third-order valence-corrected chi connectivity index (χ3v) is 4.76. The summed E-state index contributed by atoms with van der Waals surface area (Å²) in [5, 5.41) is 0. The Morgan fingerprint density at radius 1 is 1.25 bits per heavy atom. The van der Waals surface area contributed by atoms with Gasteiger partial charge in [0.05, 0.1) is 11.8 Å². The van der Waals surface area contributed by atoms with Gasteiger partial charge in [-0.1, -0.05) is 0 Å². The lowest BCUT2D eigenvalue weighted by molar-refractivity contribution is -0.137. The molecule has 0 atom stereocenters. The fraction of sp³-hybridized carbons (Fsp3) is 0.583. The molecule has 1 aromatic rings. The van der Waals surface area contributed by atoms with Gasteiger partial charge in [0.2, 0.25) is 10.0 Å². The van der Waals surface area contributed by atoms with E-state index in [0.717, 1.165) is 18.5 Å². The molecule has 1 fully saturated rings. The Balaban J connectivity index is 2.04. The molecule has 8 heteroatoms. The SMILES string of the molecule is CS(=O)(=O)N1CCC(c2ccc(C(F)(F)F)cn2)CC1. The summed E-state index contributed by atoms with van der Waals surface area (Å²) in [7, 11) is -3.19. The summed E-state index contributed by atoms with van der Waals surface area (Å²) in [4.78, 5) is 3.87. The molecule has 0 aromatic carbocycles. The number of hydrogen-bond acceptors (Lipinski definition) is 3. The monoisotopic (exact) mass is 308 g/mol. The Labute approximate surface area is 115 Å². The summed E-state index contributed by atoms with van der Waals surface area (Å²) in [6.07, 6.45) is -1.25. The van der Waals surface area contributed by atoms with Gasteiger partial charge >= 0.3 is 6.18 Å². The molecule has 0 bridgehead atoms. The van der Waals surface area contributed by atoms with Crippen molar-refractivity contribution in [3.8, 4) is 0 Å². The molecule has 0 N–H and O–H groups in total. The second kappa shape index (κ2) is 5.33. The van der Waals surface area contributed by atoms with Crippen molar-refractivity contribution in [3.05, 3.63) is 29.6 Å². The zero-order chi connectivity index (χ0) is 15.0. The van der Waals surface area contributed by atoms with Crippen molar-refractivity contribution >= 4 is 10.0 Å². The van der Waals surface area contributed by atoms with Gasteiger partial charge in [0.15, 0.2) is 0 Å². The van der Waals surface area contributed by atoms with E-state index in [4.69, 9.17) is 0 Å². The van der Waals surface area contributed by atoms with Crippen LogP contribution in [0.4, 0.5) is 13.2 Å². The minimum Gasteiger partial charge on any atom is -0.260 e. The molecule has 1 aliphatic rings. The lowest BCUT2D eigenvalue weighted by Gasteiger charge is -2.29. The number of nitrogens with zero attached hydrogens (tertiary/aromatic N) is 2. The van der Waals surface area contributed by atoms with Gasteiger partial charge < -0.3 is 0 Å². The first-order valence-electron chi connectivity index (χ1n) is 6.16. The van der Waals surface area contributed by atoms with E-state index in [1.807, 2.05) is 0 Å². The Morgan fingerprint density at radius 2 is 1.85 bits per heavy atom. The molecule has 0 saturated carbocycles. The molecule has 0 radical (unpaired) electrons. The number of piperidine rings is 1. The summed E-state index contributed by atoms with van der Waals surface area (Å²) in [6, 6.07) is 2.40. The number of alkyl halides is 3. The van der Waals surface area contributed by atoms with Crippen molar-refractivity contribution in [3.63, 3.8) is 0 Å². The van der Waals surface area contributed by atoms with Crippen LogP contribution in [0.1, 0.15) is 30.0 Å².